The lowest BCUT2D eigenvalue weighted by Crippen LogP contribution is -2.44. The van der Waals surface area contributed by atoms with Crippen LogP contribution in [0.25, 0.3) is 0 Å². The number of β-amino-alcohol motifs (C(OH)–C–C–N with tert-alkyl or cyclic N) is 1. The van der Waals surface area contributed by atoms with E-state index in [9.17, 15) is 9.90 Å². The van der Waals surface area contributed by atoms with Crippen LogP contribution in [0.2, 0.25) is 0 Å². The Kier molecular flexibility index (Phi) is 5.80. The number of amides is 1. The maximum absolute atomic E-state index is 11.9. The number of hydrogen-bond acceptors (Lipinski definition) is 4. The first-order chi connectivity index (χ1) is 8.49. The first-order valence-electron chi connectivity index (χ1n) is 6.22. The van der Waals surface area contributed by atoms with Gasteiger partial charge in [-0.05, 0) is 17.9 Å². The molecule has 1 aromatic heterocycles. The van der Waals surface area contributed by atoms with Crippen molar-refractivity contribution >= 4 is 29.7 Å². The zero-order valence-electron chi connectivity index (χ0n) is 11.2. The molecule has 3 N–H and O–H groups in total. The summed E-state index contributed by atoms with van der Waals surface area (Å²) in [6.45, 7) is 5.36. The molecule has 19 heavy (non-hydrogen) atoms. The maximum atomic E-state index is 11.9. The molecule has 108 valence electrons. The molecule has 2 atom stereocenters. The van der Waals surface area contributed by atoms with Gasteiger partial charge in [0.15, 0.2) is 0 Å². The number of aliphatic hydroxyl groups is 1. The average Bonchev–Trinajstić information content (AvgIpc) is 2.96. The van der Waals surface area contributed by atoms with Crippen molar-refractivity contribution in [1.29, 1.82) is 0 Å². The molecule has 1 aromatic rings. The molecule has 4 nitrogen and oxygen atoms in total. The Morgan fingerprint density at radius 3 is 2.89 bits per heavy atom. The van der Waals surface area contributed by atoms with Crippen molar-refractivity contribution in [2.24, 2.45) is 0 Å². The Hall–Kier alpha value is -0.620. The third kappa shape index (κ3) is 4.18. The van der Waals surface area contributed by atoms with Gasteiger partial charge in [0.2, 0.25) is 5.91 Å². The van der Waals surface area contributed by atoms with E-state index < -0.39 is 6.10 Å². The highest BCUT2D eigenvalue weighted by Crippen LogP contribution is 2.26. The van der Waals surface area contributed by atoms with Crippen molar-refractivity contribution < 1.29 is 9.90 Å². The summed E-state index contributed by atoms with van der Waals surface area (Å²) in [5, 5.41) is 17.4. The molecule has 2 unspecified atom stereocenters. The van der Waals surface area contributed by atoms with Crippen molar-refractivity contribution in [2.75, 3.05) is 13.1 Å². The van der Waals surface area contributed by atoms with Crippen LogP contribution in [0.5, 0.6) is 0 Å². The van der Waals surface area contributed by atoms with Gasteiger partial charge in [0.1, 0.15) is 0 Å². The summed E-state index contributed by atoms with van der Waals surface area (Å²) in [5.74, 6) is -0.0174. The van der Waals surface area contributed by atoms with Gasteiger partial charge in [0.05, 0.1) is 12.1 Å². The van der Waals surface area contributed by atoms with Gasteiger partial charge in [-0.25, -0.2) is 0 Å². The van der Waals surface area contributed by atoms with Gasteiger partial charge in [-0.3, -0.25) is 4.79 Å². The van der Waals surface area contributed by atoms with E-state index in [1.165, 1.54) is 4.88 Å². The second-order valence-electron chi connectivity index (χ2n) is 5.43. The van der Waals surface area contributed by atoms with E-state index in [1.807, 2.05) is 11.4 Å². The summed E-state index contributed by atoms with van der Waals surface area (Å²) < 4.78 is 0. The van der Waals surface area contributed by atoms with Gasteiger partial charge in [0.25, 0.3) is 0 Å². The molecule has 2 heterocycles. The van der Waals surface area contributed by atoms with Gasteiger partial charge in [0, 0.05) is 23.4 Å². The molecule has 1 aliphatic heterocycles. The maximum Gasteiger partial charge on any atom is 0.237 e. The largest absolute Gasteiger partial charge is 0.392 e. The molecule has 2 rings (SSSR count). The fourth-order valence-electron chi connectivity index (χ4n) is 2.10. The van der Waals surface area contributed by atoms with Crippen molar-refractivity contribution in [3.05, 3.63) is 22.4 Å². The van der Waals surface area contributed by atoms with Crippen LogP contribution in [0.15, 0.2) is 17.5 Å². The Morgan fingerprint density at radius 2 is 2.37 bits per heavy atom. The summed E-state index contributed by atoms with van der Waals surface area (Å²) in [5.41, 5.74) is -0.0545. The second-order valence-corrected chi connectivity index (χ2v) is 6.38. The van der Waals surface area contributed by atoms with Crippen LogP contribution >= 0.6 is 23.7 Å². The lowest BCUT2D eigenvalue weighted by molar-refractivity contribution is -0.123. The third-order valence-electron chi connectivity index (χ3n) is 3.32. The van der Waals surface area contributed by atoms with Crippen LogP contribution in [0.3, 0.4) is 0 Å². The highest BCUT2D eigenvalue weighted by atomic mass is 35.5. The van der Waals surface area contributed by atoms with Gasteiger partial charge >= 0.3 is 0 Å². The van der Waals surface area contributed by atoms with Crippen molar-refractivity contribution in [3.63, 3.8) is 0 Å². The van der Waals surface area contributed by atoms with Crippen LogP contribution in [0, 0.1) is 0 Å². The number of aliphatic hydroxyl groups excluding tert-OH is 1. The minimum Gasteiger partial charge on any atom is -0.392 e. The molecule has 1 saturated heterocycles. The smallest absolute Gasteiger partial charge is 0.237 e. The average molecular weight is 305 g/mol. The number of halogens is 1. The fourth-order valence-corrected chi connectivity index (χ4v) is 2.95. The number of carbonyl (C=O) groups is 1. The summed E-state index contributed by atoms with van der Waals surface area (Å²) >= 11 is 1.71. The third-order valence-corrected chi connectivity index (χ3v) is 4.55. The molecule has 0 radical (unpaired) electrons. The number of rotatable bonds is 4. The predicted octanol–water partition coefficient (Wildman–Crippen LogP) is 1.29. The SMILES string of the molecule is CC(C)(CNC(=O)C1CC(O)CN1)c1cccs1.Cl. The summed E-state index contributed by atoms with van der Waals surface area (Å²) in [6.07, 6.45) is 0.108. The van der Waals surface area contributed by atoms with Gasteiger partial charge < -0.3 is 15.7 Å². The highest BCUT2D eigenvalue weighted by Gasteiger charge is 2.29. The van der Waals surface area contributed by atoms with Crippen LogP contribution in [-0.4, -0.2) is 36.2 Å². The van der Waals surface area contributed by atoms with Crippen molar-refractivity contribution in [2.45, 2.75) is 37.8 Å². The number of thiophene rings is 1. The number of carbonyl (C=O) groups excluding carboxylic acids is 1. The van der Waals surface area contributed by atoms with E-state index in [0.717, 1.165) is 0 Å². The Bertz CT molecular complexity index is 409. The minimum absolute atomic E-state index is 0. The lowest BCUT2D eigenvalue weighted by atomic mass is 9.91. The zero-order valence-corrected chi connectivity index (χ0v) is 12.8. The Labute approximate surface area is 124 Å². The normalized spacial score (nSPS) is 22.9. The standard InChI is InChI=1S/C13H20N2O2S.ClH/c1-13(2,11-4-3-5-18-11)8-15-12(17)10-6-9(16)7-14-10;/h3-5,9-10,14,16H,6-8H2,1-2H3,(H,15,17);1H. The van der Waals surface area contributed by atoms with E-state index in [0.29, 0.717) is 19.5 Å². The molecule has 0 aromatic carbocycles. The lowest BCUT2D eigenvalue weighted by Gasteiger charge is -2.24. The monoisotopic (exact) mass is 304 g/mol. The van der Waals surface area contributed by atoms with E-state index in [1.54, 1.807) is 11.3 Å². The fraction of sp³-hybridized carbons (Fsp3) is 0.615. The van der Waals surface area contributed by atoms with Crippen LogP contribution in [0.1, 0.15) is 25.1 Å². The van der Waals surface area contributed by atoms with E-state index in [2.05, 4.69) is 30.5 Å². The molecule has 0 aliphatic carbocycles. The van der Waals surface area contributed by atoms with Gasteiger partial charge in [-0.2, -0.15) is 0 Å². The molecule has 1 fully saturated rings. The number of hydrogen-bond donors (Lipinski definition) is 3. The first-order valence-corrected chi connectivity index (χ1v) is 7.10. The second kappa shape index (κ2) is 6.70. The number of nitrogens with one attached hydrogen (secondary N) is 2. The molecule has 1 aliphatic rings. The summed E-state index contributed by atoms with van der Waals surface area (Å²) in [6, 6.07) is 3.87. The summed E-state index contributed by atoms with van der Waals surface area (Å²) in [7, 11) is 0. The van der Waals surface area contributed by atoms with Crippen LogP contribution < -0.4 is 10.6 Å². The molecule has 1 amide bonds. The van der Waals surface area contributed by atoms with Crippen molar-refractivity contribution in [3.8, 4) is 0 Å². The minimum atomic E-state index is -0.397. The van der Waals surface area contributed by atoms with E-state index >= 15 is 0 Å². The highest BCUT2D eigenvalue weighted by molar-refractivity contribution is 7.10. The zero-order chi connectivity index (χ0) is 13.2. The topological polar surface area (TPSA) is 61.4 Å². The molecule has 0 saturated carbocycles. The quantitative estimate of drug-likeness (QED) is 0.785. The van der Waals surface area contributed by atoms with Crippen LogP contribution in [0.4, 0.5) is 0 Å². The molecular formula is C13H21ClN2O2S. The molecule has 0 bridgehead atoms. The van der Waals surface area contributed by atoms with E-state index in [4.69, 9.17) is 0 Å². The molecule has 6 heteroatoms. The molecular weight excluding hydrogens is 284 g/mol. The Balaban J connectivity index is 0.00000180. The van der Waals surface area contributed by atoms with Crippen molar-refractivity contribution in [1.82, 2.24) is 10.6 Å². The van der Waals surface area contributed by atoms with Crippen LogP contribution in [-0.2, 0) is 10.2 Å². The predicted molar refractivity (Wildman–Crippen MR) is 80.0 cm³/mol. The summed E-state index contributed by atoms with van der Waals surface area (Å²) in [4.78, 5) is 13.2. The first kappa shape index (κ1) is 16.4. The van der Waals surface area contributed by atoms with E-state index in [-0.39, 0.29) is 29.8 Å². The molecule has 0 spiro atoms. The van der Waals surface area contributed by atoms with Gasteiger partial charge in [-0.15, -0.1) is 23.7 Å². The Morgan fingerprint density at radius 1 is 1.63 bits per heavy atom. The van der Waals surface area contributed by atoms with Gasteiger partial charge in [-0.1, -0.05) is 19.9 Å².